The number of allylic oxidation sites excluding steroid dienone is 2. The van der Waals surface area contributed by atoms with Crippen molar-refractivity contribution in [2.45, 2.75) is 296 Å². The molecular formula is C55H111N2O6P. The number of quaternary nitrogens is 1. The van der Waals surface area contributed by atoms with Crippen molar-refractivity contribution in [2.24, 2.45) is 0 Å². The number of likely N-dealkylation sites (N-methyl/N-ethyl adjacent to an activating group) is 1. The molecule has 0 rings (SSSR count). The molecule has 3 atom stereocenters. The minimum Gasteiger partial charge on any atom is -0.756 e. The van der Waals surface area contributed by atoms with Crippen LogP contribution in [0.4, 0.5) is 0 Å². The second-order valence-corrected chi connectivity index (χ2v) is 22.1. The quantitative estimate of drug-likeness (QED) is 0.0272. The zero-order valence-corrected chi connectivity index (χ0v) is 44.4. The van der Waals surface area contributed by atoms with Crippen LogP contribution in [0.25, 0.3) is 0 Å². The largest absolute Gasteiger partial charge is 0.756 e. The van der Waals surface area contributed by atoms with Crippen LogP contribution in [-0.2, 0) is 18.4 Å². The predicted molar refractivity (Wildman–Crippen MR) is 275 cm³/mol. The number of carbonyl (C=O) groups excluding carboxylic acids is 1. The Morgan fingerprint density at radius 3 is 1.22 bits per heavy atom. The Kier molecular flexibility index (Phi) is 46.8. The third kappa shape index (κ3) is 49.2. The second-order valence-electron chi connectivity index (χ2n) is 20.6. The van der Waals surface area contributed by atoms with Gasteiger partial charge in [-0.05, 0) is 38.5 Å². The number of unbranched alkanes of at least 4 members (excludes halogenated alkanes) is 37. The number of rotatable bonds is 52. The summed E-state index contributed by atoms with van der Waals surface area (Å²) in [6, 6.07) is -0.794. The minimum atomic E-state index is -4.56. The zero-order chi connectivity index (χ0) is 47.1. The van der Waals surface area contributed by atoms with E-state index in [1.54, 1.807) is 0 Å². The van der Waals surface area contributed by atoms with Crippen LogP contribution >= 0.6 is 7.82 Å². The van der Waals surface area contributed by atoms with Gasteiger partial charge in [-0.1, -0.05) is 251 Å². The van der Waals surface area contributed by atoms with Gasteiger partial charge in [-0.15, -0.1) is 0 Å². The number of phosphoric acid groups is 1. The van der Waals surface area contributed by atoms with E-state index in [1.165, 1.54) is 218 Å². The zero-order valence-electron chi connectivity index (χ0n) is 43.5. The SMILES string of the molecule is CCCCCCCCCC/C=C\CCCCCCCCCCCCCCCCCCCCCCCC(=O)NC(COP(=O)([O-])OCC[N+](C)(C)C)C(O)CCCCCCCCCCC. The van der Waals surface area contributed by atoms with Gasteiger partial charge in [-0.3, -0.25) is 9.36 Å². The van der Waals surface area contributed by atoms with Gasteiger partial charge in [0.05, 0.1) is 39.9 Å². The first-order valence-corrected chi connectivity index (χ1v) is 29.5. The normalized spacial score (nSPS) is 14.0. The molecule has 0 aromatic rings. The summed E-state index contributed by atoms with van der Waals surface area (Å²) in [6.45, 7) is 4.72. The van der Waals surface area contributed by atoms with E-state index in [-0.39, 0.29) is 19.1 Å². The number of nitrogens with zero attached hydrogens (tertiary/aromatic N) is 1. The molecule has 0 fully saturated rings. The standard InChI is InChI=1S/C55H111N2O6P/c1-6-8-10-12-14-16-17-18-19-20-21-22-23-24-25-26-27-28-29-30-31-32-33-34-35-36-37-38-39-41-43-45-47-49-55(59)56-53(52-63-64(60,61)62-51-50-57(3,4)5)54(58)48-46-44-42-40-15-13-11-9-7-2/h20-21,53-54,58H,6-19,22-52H2,1-5H3,(H-,56,59,60,61)/b21-20-. The fraction of sp³-hybridized carbons (Fsp3) is 0.945. The molecule has 8 nitrogen and oxygen atoms in total. The van der Waals surface area contributed by atoms with E-state index in [0.717, 1.165) is 38.5 Å². The van der Waals surface area contributed by atoms with E-state index in [9.17, 15) is 19.4 Å². The summed E-state index contributed by atoms with van der Waals surface area (Å²) < 4.78 is 23.3. The van der Waals surface area contributed by atoms with Crippen molar-refractivity contribution in [1.82, 2.24) is 5.32 Å². The Bertz CT molecular complexity index is 1050. The Morgan fingerprint density at radius 2 is 0.859 bits per heavy atom. The molecule has 0 bridgehead atoms. The van der Waals surface area contributed by atoms with E-state index in [4.69, 9.17) is 9.05 Å². The van der Waals surface area contributed by atoms with Crippen LogP contribution in [0.15, 0.2) is 12.2 Å². The third-order valence-electron chi connectivity index (χ3n) is 13.0. The Labute approximate surface area is 399 Å². The molecule has 0 heterocycles. The molecule has 9 heteroatoms. The number of aliphatic hydroxyl groups is 1. The van der Waals surface area contributed by atoms with Gasteiger partial charge in [0.1, 0.15) is 13.2 Å². The van der Waals surface area contributed by atoms with Gasteiger partial charge in [-0.2, -0.15) is 0 Å². The lowest BCUT2D eigenvalue weighted by atomic mass is 10.0. The summed E-state index contributed by atoms with van der Waals surface area (Å²) in [5.74, 6) is -0.162. The van der Waals surface area contributed by atoms with Crippen LogP contribution in [0.2, 0.25) is 0 Å². The van der Waals surface area contributed by atoms with Gasteiger partial charge in [-0.25, -0.2) is 0 Å². The Hall–Kier alpha value is -0.760. The molecule has 0 aliphatic carbocycles. The van der Waals surface area contributed by atoms with Gasteiger partial charge in [0.25, 0.3) is 7.82 Å². The first kappa shape index (κ1) is 63.2. The molecule has 64 heavy (non-hydrogen) atoms. The molecule has 0 radical (unpaired) electrons. The van der Waals surface area contributed by atoms with Crippen molar-refractivity contribution in [2.75, 3.05) is 40.9 Å². The second kappa shape index (κ2) is 47.3. The van der Waals surface area contributed by atoms with Crippen molar-refractivity contribution in [1.29, 1.82) is 0 Å². The van der Waals surface area contributed by atoms with Crippen LogP contribution in [0.3, 0.4) is 0 Å². The molecule has 0 aliphatic heterocycles. The highest BCUT2D eigenvalue weighted by atomic mass is 31.2. The van der Waals surface area contributed by atoms with E-state index in [2.05, 4.69) is 31.3 Å². The summed E-state index contributed by atoms with van der Waals surface area (Å²) in [7, 11) is 1.32. The fourth-order valence-electron chi connectivity index (χ4n) is 8.57. The number of carbonyl (C=O) groups is 1. The van der Waals surface area contributed by atoms with E-state index in [1.807, 2.05) is 21.1 Å². The maximum atomic E-state index is 12.9. The molecule has 1 amide bonds. The summed E-state index contributed by atoms with van der Waals surface area (Å²) in [5.41, 5.74) is 0. The van der Waals surface area contributed by atoms with Gasteiger partial charge < -0.3 is 28.8 Å². The molecule has 0 saturated heterocycles. The van der Waals surface area contributed by atoms with Crippen LogP contribution in [0, 0.1) is 0 Å². The van der Waals surface area contributed by atoms with Gasteiger partial charge >= 0.3 is 0 Å². The molecular weight excluding hydrogens is 816 g/mol. The van der Waals surface area contributed by atoms with E-state index >= 15 is 0 Å². The highest BCUT2D eigenvalue weighted by molar-refractivity contribution is 7.45. The average molecular weight is 927 g/mol. The molecule has 0 aliphatic rings. The lowest BCUT2D eigenvalue weighted by Gasteiger charge is -2.30. The minimum absolute atomic E-state index is 0.0150. The fourth-order valence-corrected chi connectivity index (χ4v) is 9.29. The summed E-state index contributed by atoms with van der Waals surface area (Å²) in [4.78, 5) is 25.4. The van der Waals surface area contributed by atoms with Gasteiger partial charge in [0.2, 0.25) is 5.91 Å². The van der Waals surface area contributed by atoms with Crippen LogP contribution in [0.1, 0.15) is 284 Å². The Balaban J connectivity index is 3.86. The van der Waals surface area contributed by atoms with E-state index in [0.29, 0.717) is 23.9 Å². The van der Waals surface area contributed by atoms with Crippen LogP contribution < -0.4 is 10.2 Å². The van der Waals surface area contributed by atoms with Gasteiger partial charge in [0, 0.05) is 6.42 Å². The molecule has 0 aromatic carbocycles. The average Bonchev–Trinajstić information content (AvgIpc) is 3.25. The predicted octanol–water partition coefficient (Wildman–Crippen LogP) is 16.0. The molecule has 2 N–H and O–H groups in total. The number of aliphatic hydroxyl groups excluding tert-OH is 1. The highest BCUT2D eigenvalue weighted by Gasteiger charge is 2.24. The molecule has 382 valence electrons. The number of amides is 1. The summed E-state index contributed by atoms with van der Waals surface area (Å²) >= 11 is 0. The monoisotopic (exact) mass is 927 g/mol. The first-order valence-electron chi connectivity index (χ1n) is 28.0. The topological polar surface area (TPSA) is 108 Å². The van der Waals surface area contributed by atoms with Crippen LogP contribution in [0.5, 0.6) is 0 Å². The van der Waals surface area contributed by atoms with Crippen LogP contribution in [-0.4, -0.2) is 68.5 Å². The molecule has 0 spiro atoms. The molecule has 3 unspecified atom stereocenters. The number of hydrogen-bond acceptors (Lipinski definition) is 6. The number of phosphoric ester groups is 1. The van der Waals surface area contributed by atoms with Crippen molar-refractivity contribution < 1.29 is 32.9 Å². The van der Waals surface area contributed by atoms with Crippen molar-refractivity contribution in [3.8, 4) is 0 Å². The maximum Gasteiger partial charge on any atom is 0.268 e. The number of nitrogens with one attached hydrogen (secondary N) is 1. The maximum absolute atomic E-state index is 12.9. The smallest absolute Gasteiger partial charge is 0.268 e. The Morgan fingerprint density at radius 1 is 0.531 bits per heavy atom. The van der Waals surface area contributed by atoms with E-state index < -0.39 is 20.0 Å². The number of hydrogen-bond donors (Lipinski definition) is 2. The molecule has 0 aromatic heterocycles. The lowest BCUT2D eigenvalue weighted by Crippen LogP contribution is -2.46. The summed E-state index contributed by atoms with van der Waals surface area (Å²) in [5, 5.41) is 13.9. The lowest BCUT2D eigenvalue weighted by molar-refractivity contribution is -0.870. The van der Waals surface area contributed by atoms with Gasteiger partial charge in [0.15, 0.2) is 0 Å². The highest BCUT2D eigenvalue weighted by Crippen LogP contribution is 2.38. The van der Waals surface area contributed by atoms with Crippen molar-refractivity contribution >= 4 is 13.7 Å². The first-order chi connectivity index (χ1) is 31.0. The third-order valence-corrected chi connectivity index (χ3v) is 14.0. The molecule has 0 saturated carbocycles. The summed E-state index contributed by atoms with van der Waals surface area (Å²) in [6.07, 6.45) is 57.0. The van der Waals surface area contributed by atoms with Crippen molar-refractivity contribution in [3.63, 3.8) is 0 Å². The van der Waals surface area contributed by atoms with Crippen molar-refractivity contribution in [3.05, 3.63) is 12.2 Å².